The number of nitrogens with two attached hydrogens (primary N) is 1. The molecule has 4 nitrogen and oxygen atoms in total. The molecule has 1 fully saturated rings. The lowest BCUT2D eigenvalue weighted by atomic mass is 10.0. The van der Waals surface area contributed by atoms with E-state index < -0.39 is 0 Å². The summed E-state index contributed by atoms with van der Waals surface area (Å²) in [5.41, 5.74) is 9.02. The second-order valence-corrected chi connectivity index (χ2v) is 5.30. The fraction of sp³-hybridized carbons (Fsp3) is 0.375. The van der Waals surface area contributed by atoms with E-state index in [4.69, 9.17) is 15.5 Å². The minimum atomic E-state index is 0.515. The van der Waals surface area contributed by atoms with Gasteiger partial charge in [-0.15, -0.1) is 0 Å². The maximum atomic E-state index is 6.05. The van der Waals surface area contributed by atoms with Crippen LogP contribution in [0.5, 0.6) is 0 Å². The lowest BCUT2D eigenvalue weighted by molar-refractivity contribution is 0.185. The Balaban J connectivity index is 1.95. The number of anilines is 1. The van der Waals surface area contributed by atoms with E-state index in [1.165, 1.54) is 0 Å². The Bertz CT molecular complexity index is 592. The van der Waals surface area contributed by atoms with Gasteiger partial charge in [-0.2, -0.15) is 0 Å². The largest absolute Gasteiger partial charge is 0.383 e. The van der Waals surface area contributed by atoms with Crippen LogP contribution in [-0.4, -0.2) is 23.2 Å². The van der Waals surface area contributed by atoms with Crippen molar-refractivity contribution in [2.45, 2.75) is 19.8 Å². The summed E-state index contributed by atoms with van der Waals surface area (Å²) in [7, 11) is 0. The van der Waals surface area contributed by atoms with Gasteiger partial charge in [0.25, 0.3) is 0 Å². The van der Waals surface area contributed by atoms with Crippen LogP contribution in [0.15, 0.2) is 30.3 Å². The highest BCUT2D eigenvalue weighted by molar-refractivity contribution is 5.67. The zero-order valence-electron chi connectivity index (χ0n) is 11.7. The number of hydrogen-bond acceptors (Lipinski definition) is 4. The molecule has 1 atom stereocenters. The van der Waals surface area contributed by atoms with Crippen molar-refractivity contribution >= 4 is 5.82 Å². The normalized spacial score (nSPS) is 18.4. The van der Waals surface area contributed by atoms with Gasteiger partial charge in [-0.3, -0.25) is 0 Å². The molecule has 2 heterocycles. The molecule has 20 heavy (non-hydrogen) atoms. The molecular weight excluding hydrogens is 250 g/mol. The van der Waals surface area contributed by atoms with E-state index in [9.17, 15) is 0 Å². The molecule has 4 heteroatoms. The van der Waals surface area contributed by atoms with Crippen molar-refractivity contribution in [3.8, 4) is 11.3 Å². The highest BCUT2D eigenvalue weighted by Crippen LogP contribution is 2.25. The summed E-state index contributed by atoms with van der Waals surface area (Å²) in [6, 6.07) is 10.1. The smallest absolute Gasteiger partial charge is 0.131 e. The van der Waals surface area contributed by atoms with Gasteiger partial charge in [0.2, 0.25) is 0 Å². The fourth-order valence-electron chi connectivity index (χ4n) is 2.55. The maximum Gasteiger partial charge on any atom is 0.131 e. The van der Waals surface area contributed by atoms with Crippen LogP contribution in [0.1, 0.15) is 17.8 Å². The predicted molar refractivity (Wildman–Crippen MR) is 79.2 cm³/mol. The average molecular weight is 269 g/mol. The number of hydrogen-bond donors (Lipinski definition) is 1. The molecule has 0 bridgehead atoms. The first-order valence-corrected chi connectivity index (χ1v) is 7.00. The summed E-state index contributed by atoms with van der Waals surface area (Å²) in [5, 5.41) is 0. The van der Waals surface area contributed by atoms with E-state index >= 15 is 0 Å². The van der Waals surface area contributed by atoms with Gasteiger partial charge in [0.05, 0.1) is 5.69 Å². The van der Waals surface area contributed by atoms with Gasteiger partial charge < -0.3 is 10.5 Å². The van der Waals surface area contributed by atoms with Crippen molar-refractivity contribution in [1.82, 2.24) is 9.97 Å². The number of nitrogens with zero attached hydrogens (tertiary/aromatic N) is 2. The average Bonchev–Trinajstić information content (AvgIpc) is 2.96. The maximum absolute atomic E-state index is 6.05. The quantitative estimate of drug-likeness (QED) is 0.930. The number of benzene rings is 1. The molecule has 1 unspecified atom stereocenters. The lowest BCUT2D eigenvalue weighted by Gasteiger charge is -2.12. The van der Waals surface area contributed by atoms with Crippen LogP contribution in [0, 0.1) is 12.8 Å². The van der Waals surface area contributed by atoms with E-state index in [-0.39, 0.29) is 0 Å². The van der Waals surface area contributed by atoms with Crippen LogP contribution in [0.2, 0.25) is 0 Å². The Hall–Kier alpha value is -1.94. The molecule has 0 spiro atoms. The van der Waals surface area contributed by atoms with Crippen molar-refractivity contribution in [3.05, 3.63) is 41.7 Å². The summed E-state index contributed by atoms with van der Waals surface area (Å²) < 4.78 is 5.41. The van der Waals surface area contributed by atoms with Crippen molar-refractivity contribution in [2.24, 2.45) is 5.92 Å². The van der Waals surface area contributed by atoms with E-state index in [2.05, 4.69) is 17.1 Å². The molecule has 1 saturated heterocycles. The fourth-order valence-corrected chi connectivity index (χ4v) is 2.55. The molecular formula is C16H19N3O. The number of ether oxygens (including phenoxy) is 1. The van der Waals surface area contributed by atoms with Gasteiger partial charge in [-0.1, -0.05) is 30.3 Å². The predicted octanol–water partition coefficient (Wildman–Crippen LogP) is 2.61. The minimum Gasteiger partial charge on any atom is -0.383 e. The standard InChI is InChI=1S/C16H19N3O/c1-11-15(13-5-3-2-4-6-13)18-14(19-16(11)17)9-12-7-8-20-10-12/h2-6,12H,7-10H2,1H3,(H2,17,18,19). The van der Waals surface area contributed by atoms with Gasteiger partial charge in [0.1, 0.15) is 11.6 Å². The highest BCUT2D eigenvalue weighted by atomic mass is 16.5. The third kappa shape index (κ3) is 2.65. The first-order valence-electron chi connectivity index (χ1n) is 7.00. The summed E-state index contributed by atoms with van der Waals surface area (Å²) in [6.07, 6.45) is 1.92. The molecule has 1 aliphatic rings. The van der Waals surface area contributed by atoms with Gasteiger partial charge in [0, 0.05) is 30.8 Å². The van der Waals surface area contributed by atoms with Gasteiger partial charge >= 0.3 is 0 Å². The Morgan fingerprint density at radius 2 is 2.05 bits per heavy atom. The highest BCUT2D eigenvalue weighted by Gasteiger charge is 2.19. The van der Waals surface area contributed by atoms with Crippen LogP contribution in [-0.2, 0) is 11.2 Å². The Morgan fingerprint density at radius 1 is 1.25 bits per heavy atom. The Morgan fingerprint density at radius 3 is 2.75 bits per heavy atom. The van der Waals surface area contributed by atoms with Crippen molar-refractivity contribution in [3.63, 3.8) is 0 Å². The molecule has 2 N–H and O–H groups in total. The van der Waals surface area contributed by atoms with E-state index in [1.807, 2.05) is 25.1 Å². The van der Waals surface area contributed by atoms with Gasteiger partial charge in [-0.05, 0) is 19.3 Å². The first kappa shape index (κ1) is 13.1. The summed E-state index contributed by atoms with van der Waals surface area (Å²) in [5.74, 6) is 1.91. The number of rotatable bonds is 3. The minimum absolute atomic E-state index is 0.515. The zero-order chi connectivity index (χ0) is 13.9. The topological polar surface area (TPSA) is 61.0 Å². The van der Waals surface area contributed by atoms with Crippen LogP contribution in [0.3, 0.4) is 0 Å². The van der Waals surface area contributed by atoms with Crippen molar-refractivity contribution in [1.29, 1.82) is 0 Å². The lowest BCUT2D eigenvalue weighted by Crippen LogP contribution is -2.10. The third-order valence-electron chi connectivity index (χ3n) is 3.77. The van der Waals surface area contributed by atoms with Crippen molar-refractivity contribution < 1.29 is 4.74 Å². The van der Waals surface area contributed by atoms with Crippen LogP contribution >= 0.6 is 0 Å². The third-order valence-corrected chi connectivity index (χ3v) is 3.77. The molecule has 1 aliphatic heterocycles. The Kier molecular flexibility index (Phi) is 3.65. The van der Waals surface area contributed by atoms with Gasteiger partial charge in [0.15, 0.2) is 0 Å². The van der Waals surface area contributed by atoms with Crippen LogP contribution in [0.4, 0.5) is 5.82 Å². The molecule has 104 valence electrons. The zero-order valence-corrected chi connectivity index (χ0v) is 11.7. The number of aromatic nitrogens is 2. The van der Waals surface area contributed by atoms with E-state index in [0.29, 0.717) is 11.7 Å². The van der Waals surface area contributed by atoms with Crippen molar-refractivity contribution in [2.75, 3.05) is 18.9 Å². The van der Waals surface area contributed by atoms with Crippen LogP contribution in [0.25, 0.3) is 11.3 Å². The second-order valence-electron chi connectivity index (χ2n) is 5.30. The monoisotopic (exact) mass is 269 g/mol. The van der Waals surface area contributed by atoms with E-state index in [0.717, 1.165) is 48.7 Å². The number of nitrogen functional groups attached to an aromatic ring is 1. The molecule has 1 aromatic heterocycles. The first-order chi connectivity index (χ1) is 9.74. The molecule has 1 aromatic carbocycles. The second kappa shape index (κ2) is 5.59. The summed E-state index contributed by atoms with van der Waals surface area (Å²) in [4.78, 5) is 9.15. The summed E-state index contributed by atoms with van der Waals surface area (Å²) in [6.45, 7) is 3.62. The SMILES string of the molecule is Cc1c(N)nc(CC2CCOC2)nc1-c1ccccc1. The van der Waals surface area contributed by atoms with Crippen LogP contribution < -0.4 is 5.73 Å². The molecule has 0 amide bonds. The molecule has 0 aliphatic carbocycles. The Labute approximate surface area is 119 Å². The van der Waals surface area contributed by atoms with E-state index in [1.54, 1.807) is 0 Å². The molecule has 0 radical (unpaired) electrons. The molecule has 2 aromatic rings. The summed E-state index contributed by atoms with van der Waals surface area (Å²) >= 11 is 0. The molecule has 0 saturated carbocycles. The van der Waals surface area contributed by atoms with Gasteiger partial charge in [-0.25, -0.2) is 9.97 Å². The molecule has 3 rings (SSSR count).